The van der Waals surface area contributed by atoms with Crippen LogP contribution < -0.4 is 10.5 Å². The number of nitrogen functional groups attached to an aromatic ring is 1. The van der Waals surface area contributed by atoms with Crippen LogP contribution in [0.5, 0.6) is 5.75 Å². The predicted molar refractivity (Wildman–Crippen MR) is 80.2 cm³/mol. The normalized spacial score (nSPS) is 14.0. The van der Waals surface area contributed by atoms with Crippen molar-refractivity contribution < 1.29 is 18.9 Å². The lowest BCUT2D eigenvalue weighted by atomic mass is 10.1. The van der Waals surface area contributed by atoms with Crippen molar-refractivity contribution in [2.75, 3.05) is 53.0 Å². The summed E-state index contributed by atoms with van der Waals surface area (Å²) in [7, 11) is 3.41. The minimum atomic E-state index is 0.292. The summed E-state index contributed by atoms with van der Waals surface area (Å²) in [4.78, 5) is 2.26. The number of methoxy groups -OCH3 is 2. The van der Waals surface area contributed by atoms with Crippen LogP contribution in [0.4, 0.5) is 5.69 Å². The Balaban J connectivity index is 2.12. The number of nitrogens with two attached hydrogens (primary N) is 1. The maximum Gasteiger partial charge on any atom is 0.189 e. The summed E-state index contributed by atoms with van der Waals surface area (Å²) in [6.45, 7) is 4.61. The molecule has 0 radical (unpaired) electrons. The molecule has 0 atom stereocenters. The fraction of sp³-hybridized carbons (Fsp3) is 0.600. The van der Waals surface area contributed by atoms with Crippen LogP contribution in [0.3, 0.4) is 0 Å². The van der Waals surface area contributed by atoms with Gasteiger partial charge in [0.15, 0.2) is 6.79 Å². The monoisotopic (exact) mass is 296 g/mol. The maximum atomic E-state index is 5.98. The van der Waals surface area contributed by atoms with Gasteiger partial charge in [-0.05, 0) is 12.1 Å². The molecule has 1 heterocycles. The fourth-order valence-corrected chi connectivity index (χ4v) is 2.40. The van der Waals surface area contributed by atoms with Crippen molar-refractivity contribution in [3.8, 4) is 5.75 Å². The van der Waals surface area contributed by atoms with Crippen molar-refractivity contribution in [2.24, 2.45) is 0 Å². The highest BCUT2D eigenvalue weighted by molar-refractivity contribution is 5.53. The van der Waals surface area contributed by atoms with Crippen LogP contribution in [-0.4, -0.2) is 52.2 Å². The van der Waals surface area contributed by atoms with E-state index in [1.165, 1.54) is 0 Å². The average molecular weight is 296 g/mol. The number of hydrogen-bond acceptors (Lipinski definition) is 6. The van der Waals surface area contributed by atoms with E-state index in [-0.39, 0.29) is 0 Å². The lowest BCUT2D eigenvalue weighted by Crippen LogP contribution is -2.31. The van der Waals surface area contributed by atoms with Gasteiger partial charge in [-0.15, -0.1) is 0 Å². The molecule has 0 aromatic heterocycles. The highest BCUT2D eigenvalue weighted by Gasteiger charge is 2.18. The minimum Gasteiger partial charge on any atom is -0.467 e. The van der Waals surface area contributed by atoms with Gasteiger partial charge < -0.3 is 24.7 Å². The standard InChI is InChI=1S/C15H24N2O4/c1-18-5-3-17(4-6-19-2)9-12-7-14(16)8-13-10-20-11-21-15(12)13/h7-8H,3-6,9-11,16H2,1-2H3. The molecule has 0 amide bonds. The van der Waals surface area contributed by atoms with Gasteiger partial charge in [-0.1, -0.05) is 0 Å². The first-order chi connectivity index (χ1) is 10.2. The zero-order valence-corrected chi connectivity index (χ0v) is 12.8. The van der Waals surface area contributed by atoms with Crippen LogP contribution in [0, 0.1) is 0 Å². The van der Waals surface area contributed by atoms with Crippen LogP contribution in [-0.2, 0) is 27.4 Å². The molecule has 1 aliphatic heterocycles. The number of fused-ring (bicyclic) bond motifs is 1. The lowest BCUT2D eigenvalue weighted by molar-refractivity contribution is -0.0175. The maximum absolute atomic E-state index is 5.98. The largest absolute Gasteiger partial charge is 0.467 e. The van der Waals surface area contributed by atoms with Crippen molar-refractivity contribution in [1.29, 1.82) is 0 Å². The summed E-state index contributed by atoms with van der Waals surface area (Å²) in [6.07, 6.45) is 0. The van der Waals surface area contributed by atoms with Gasteiger partial charge in [0.05, 0.1) is 19.8 Å². The molecule has 0 fully saturated rings. The van der Waals surface area contributed by atoms with Gasteiger partial charge in [0.1, 0.15) is 5.75 Å². The summed E-state index contributed by atoms with van der Waals surface area (Å²) >= 11 is 0. The zero-order chi connectivity index (χ0) is 15.1. The Morgan fingerprint density at radius 3 is 2.57 bits per heavy atom. The average Bonchev–Trinajstić information content (AvgIpc) is 2.49. The van der Waals surface area contributed by atoms with Crippen LogP contribution in [0.15, 0.2) is 12.1 Å². The molecule has 2 rings (SSSR count). The molecular weight excluding hydrogens is 272 g/mol. The predicted octanol–water partition coefficient (Wildman–Crippen LogP) is 1.23. The number of ether oxygens (including phenoxy) is 4. The lowest BCUT2D eigenvalue weighted by Gasteiger charge is -2.26. The first-order valence-corrected chi connectivity index (χ1v) is 7.06. The van der Waals surface area contributed by atoms with Gasteiger partial charge in [-0.3, -0.25) is 4.90 Å². The van der Waals surface area contributed by atoms with Gasteiger partial charge in [-0.25, -0.2) is 0 Å². The van der Waals surface area contributed by atoms with Crippen LogP contribution in [0.2, 0.25) is 0 Å². The Morgan fingerprint density at radius 2 is 1.90 bits per heavy atom. The number of hydrogen-bond donors (Lipinski definition) is 1. The van der Waals surface area contributed by atoms with Crippen molar-refractivity contribution in [1.82, 2.24) is 4.90 Å². The van der Waals surface area contributed by atoms with Crippen LogP contribution >= 0.6 is 0 Å². The highest BCUT2D eigenvalue weighted by atomic mass is 16.7. The molecule has 1 aromatic carbocycles. The van der Waals surface area contributed by atoms with Crippen molar-refractivity contribution >= 4 is 5.69 Å². The summed E-state index contributed by atoms with van der Waals surface area (Å²) in [5.74, 6) is 0.898. The molecular formula is C15H24N2O4. The highest BCUT2D eigenvalue weighted by Crippen LogP contribution is 2.31. The molecule has 0 aliphatic carbocycles. The molecule has 0 bridgehead atoms. The van der Waals surface area contributed by atoms with E-state index in [0.717, 1.165) is 42.2 Å². The summed E-state index contributed by atoms with van der Waals surface area (Å²) in [6, 6.07) is 3.88. The van der Waals surface area contributed by atoms with Gasteiger partial charge in [0.25, 0.3) is 0 Å². The Bertz CT molecular complexity index is 446. The second-order valence-electron chi connectivity index (χ2n) is 5.04. The Kier molecular flexibility index (Phi) is 6.25. The molecule has 118 valence electrons. The van der Waals surface area contributed by atoms with Gasteiger partial charge in [0.2, 0.25) is 0 Å². The first-order valence-electron chi connectivity index (χ1n) is 7.06. The molecule has 6 nitrogen and oxygen atoms in total. The molecule has 1 aliphatic rings. The van der Waals surface area contributed by atoms with E-state index in [2.05, 4.69) is 4.90 Å². The molecule has 0 unspecified atom stereocenters. The van der Waals surface area contributed by atoms with Crippen molar-refractivity contribution in [2.45, 2.75) is 13.2 Å². The summed E-state index contributed by atoms with van der Waals surface area (Å²) in [5.41, 5.74) is 8.81. The van der Waals surface area contributed by atoms with E-state index >= 15 is 0 Å². The fourth-order valence-electron chi connectivity index (χ4n) is 2.40. The smallest absolute Gasteiger partial charge is 0.189 e. The molecule has 1 aromatic rings. The van der Waals surface area contributed by atoms with Crippen LogP contribution in [0.25, 0.3) is 0 Å². The van der Waals surface area contributed by atoms with Gasteiger partial charge >= 0.3 is 0 Å². The molecule has 2 N–H and O–H groups in total. The Morgan fingerprint density at radius 1 is 1.19 bits per heavy atom. The summed E-state index contributed by atoms with van der Waals surface area (Å²) < 4.78 is 21.3. The zero-order valence-electron chi connectivity index (χ0n) is 12.8. The van der Waals surface area contributed by atoms with Crippen molar-refractivity contribution in [3.63, 3.8) is 0 Å². The molecule has 0 spiro atoms. The van der Waals surface area contributed by atoms with E-state index in [0.29, 0.717) is 26.6 Å². The number of rotatable bonds is 8. The van der Waals surface area contributed by atoms with E-state index in [9.17, 15) is 0 Å². The Labute approximate surface area is 125 Å². The third-order valence-electron chi connectivity index (χ3n) is 3.43. The summed E-state index contributed by atoms with van der Waals surface area (Å²) in [5, 5.41) is 0. The van der Waals surface area contributed by atoms with E-state index in [1.54, 1.807) is 14.2 Å². The third kappa shape index (κ3) is 4.57. The second kappa shape index (κ2) is 8.19. The third-order valence-corrected chi connectivity index (χ3v) is 3.43. The topological polar surface area (TPSA) is 66.2 Å². The molecule has 6 heteroatoms. The van der Waals surface area contributed by atoms with Crippen LogP contribution in [0.1, 0.15) is 11.1 Å². The van der Waals surface area contributed by atoms with Crippen molar-refractivity contribution in [3.05, 3.63) is 23.3 Å². The number of nitrogens with zero attached hydrogens (tertiary/aromatic N) is 1. The van der Waals surface area contributed by atoms with Gasteiger partial charge in [0, 0.05) is 50.7 Å². The number of benzene rings is 1. The second-order valence-corrected chi connectivity index (χ2v) is 5.04. The molecule has 21 heavy (non-hydrogen) atoms. The van der Waals surface area contributed by atoms with E-state index < -0.39 is 0 Å². The Hall–Kier alpha value is -1.34. The number of anilines is 1. The SMILES string of the molecule is COCCN(CCOC)Cc1cc(N)cc2c1OCOC2. The van der Waals surface area contributed by atoms with E-state index in [4.69, 9.17) is 24.7 Å². The van der Waals surface area contributed by atoms with E-state index in [1.807, 2.05) is 12.1 Å². The quantitative estimate of drug-likeness (QED) is 0.728. The van der Waals surface area contributed by atoms with Gasteiger partial charge in [-0.2, -0.15) is 0 Å². The molecule has 0 saturated heterocycles. The first kappa shape index (κ1) is 16.0. The molecule has 0 saturated carbocycles. The minimum absolute atomic E-state index is 0.292.